The van der Waals surface area contributed by atoms with E-state index in [0.29, 0.717) is 5.92 Å². The van der Waals surface area contributed by atoms with E-state index in [1.807, 2.05) is 6.20 Å². The Kier molecular flexibility index (Phi) is 4.21. The van der Waals surface area contributed by atoms with Crippen LogP contribution in [0.1, 0.15) is 38.3 Å². The zero-order valence-corrected chi connectivity index (χ0v) is 19.8. The maximum absolute atomic E-state index is 4.95. The second kappa shape index (κ2) is 7.34. The van der Waals surface area contributed by atoms with Crippen LogP contribution in [0, 0.1) is 0 Å². The van der Waals surface area contributed by atoms with E-state index in [4.69, 9.17) is 9.97 Å². The number of nitrogens with zero attached hydrogens (tertiary/aromatic N) is 4. The fourth-order valence-corrected chi connectivity index (χ4v) is 5.11. The van der Waals surface area contributed by atoms with Crippen molar-refractivity contribution in [3.05, 3.63) is 72.7 Å². The molecular weight excluding hydrogens is 432 g/mol. The molecule has 0 unspecified atom stereocenters. The summed E-state index contributed by atoms with van der Waals surface area (Å²) in [5.74, 6) is 2.30. The number of aromatic nitrogens is 6. The fraction of sp³-hybridized carbons (Fsp3) is 0.172. The van der Waals surface area contributed by atoms with Crippen LogP contribution in [-0.2, 0) is 6.42 Å². The van der Waals surface area contributed by atoms with E-state index >= 15 is 0 Å². The van der Waals surface area contributed by atoms with E-state index < -0.39 is 0 Å². The zero-order chi connectivity index (χ0) is 23.7. The number of rotatable bonds is 3. The van der Waals surface area contributed by atoms with Crippen LogP contribution in [0.4, 0.5) is 0 Å². The number of hydrogen-bond acceptors (Lipinski definition) is 4. The fourth-order valence-electron chi connectivity index (χ4n) is 5.11. The molecule has 0 aliphatic rings. The lowest BCUT2D eigenvalue weighted by Gasteiger charge is -2.09. The van der Waals surface area contributed by atoms with E-state index in [1.54, 1.807) is 6.33 Å². The van der Waals surface area contributed by atoms with E-state index in [2.05, 4.69) is 89.2 Å². The van der Waals surface area contributed by atoms with Crippen LogP contribution >= 0.6 is 0 Å². The van der Waals surface area contributed by atoms with Gasteiger partial charge in [-0.2, -0.15) is 0 Å². The van der Waals surface area contributed by atoms with Crippen molar-refractivity contribution in [2.45, 2.75) is 33.1 Å². The summed E-state index contributed by atoms with van der Waals surface area (Å²) in [6, 6.07) is 17.5. The molecule has 0 aliphatic heterocycles. The molecule has 0 bridgehead atoms. The van der Waals surface area contributed by atoms with E-state index in [-0.39, 0.29) is 0 Å². The van der Waals surface area contributed by atoms with Crippen molar-refractivity contribution >= 4 is 54.5 Å². The Morgan fingerprint density at radius 1 is 0.771 bits per heavy atom. The van der Waals surface area contributed by atoms with Crippen LogP contribution in [-0.4, -0.2) is 29.9 Å². The third kappa shape index (κ3) is 2.96. The summed E-state index contributed by atoms with van der Waals surface area (Å²) in [4.78, 5) is 25.6. The van der Waals surface area contributed by atoms with Crippen molar-refractivity contribution in [3.8, 4) is 11.1 Å². The SMILES string of the molecule is CCc1nc2c(ccc3cc(-c4ccc5c(c4)c4cncnc4c4[nH]c(C(C)C)nc54)ccc32)[nH]1. The van der Waals surface area contributed by atoms with Crippen molar-refractivity contribution in [1.29, 1.82) is 0 Å². The molecule has 0 spiro atoms. The second-order valence-electron chi connectivity index (χ2n) is 9.48. The molecule has 4 aromatic carbocycles. The van der Waals surface area contributed by atoms with Gasteiger partial charge < -0.3 is 9.97 Å². The molecule has 0 saturated heterocycles. The predicted octanol–water partition coefficient (Wildman–Crippen LogP) is 7.04. The molecule has 0 radical (unpaired) electrons. The smallest absolute Gasteiger partial charge is 0.116 e. The molecule has 170 valence electrons. The van der Waals surface area contributed by atoms with Gasteiger partial charge in [-0.1, -0.05) is 51.1 Å². The minimum absolute atomic E-state index is 0.306. The summed E-state index contributed by atoms with van der Waals surface area (Å²) in [7, 11) is 0. The molecule has 0 atom stereocenters. The second-order valence-corrected chi connectivity index (χ2v) is 9.48. The van der Waals surface area contributed by atoms with Crippen LogP contribution in [0.15, 0.2) is 61.1 Å². The van der Waals surface area contributed by atoms with Crippen LogP contribution < -0.4 is 0 Å². The van der Waals surface area contributed by atoms with Crippen LogP contribution in [0.25, 0.3) is 65.6 Å². The van der Waals surface area contributed by atoms with Gasteiger partial charge in [0.15, 0.2) is 0 Å². The lowest BCUT2D eigenvalue weighted by atomic mass is 9.96. The quantitative estimate of drug-likeness (QED) is 0.279. The molecule has 6 heteroatoms. The Morgan fingerprint density at radius 3 is 2.43 bits per heavy atom. The highest BCUT2D eigenvalue weighted by Crippen LogP contribution is 2.36. The number of fused-ring (bicyclic) bond motifs is 9. The van der Waals surface area contributed by atoms with Crippen LogP contribution in [0.2, 0.25) is 0 Å². The summed E-state index contributed by atoms with van der Waals surface area (Å²) >= 11 is 0. The number of H-pyrrole nitrogens is 2. The molecule has 3 heterocycles. The molecule has 7 rings (SSSR count). The molecule has 6 nitrogen and oxygen atoms in total. The molecule has 7 aromatic rings. The van der Waals surface area contributed by atoms with Gasteiger partial charge in [-0.3, -0.25) is 0 Å². The molecular formula is C29H24N6. The van der Waals surface area contributed by atoms with Gasteiger partial charge in [0.25, 0.3) is 0 Å². The van der Waals surface area contributed by atoms with Gasteiger partial charge in [0, 0.05) is 34.7 Å². The Hall–Kier alpha value is -4.32. The number of aromatic amines is 2. The summed E-state index contributed by atoms with van der Waals surface area (Å²) in [6.07, 6.45) is 4.41. The van der Waals surface area contributed by atoms with Gasteiger partial charge in [0.2, 0.25) is 0 Å². The first-order valence-electron chi connectivity index (χ1n) is 12.1. The normalized spacial score (nSPS) is 12.2. The Bertz CT molecular complexity index is 1930. The number of hydrogen-bond donors (Lipinski definition) is 2. The number of imidazole rings is 2. The van der Waals surface area contributed by atoms with Gasteiger partial charge in [-0.25, -0.2) is 19.9 Å². The maximum atomic E-state index is 4.95. The minimum atomic E-state index is 0.306. The molecule has 35 heavy (non-hydrogen) atoms. The Balaban J connectivity index is 1.46. The van der Waals surface area contributed by atoms with E-state index in [0.717, 1.165) is 67.4 Å². The summed E-state index contributed by atoms with van der Waals surface area (Å²) < 4.78 is 0. The lowest BCUT2D eigenvalue weighted by Crippen LogP contribution is -1.88. The highest BCUT2D eigenvalue weighted by Gasteiger charge is 2.16. The van der Waals surface area contributed by atoms with Crippen LogP contribution in [0.3, 0.4) is 0 Å². The standard InChI is InChI=1S/C29H24N6/c1-4-24-32-23-10-7-18-11-16(5-8-19(18)25(23)33-24)17-6-9-20-21(12-17)22-13-30-14-31-26(22)28-27(20)34-29(35-28)15(2)3/h5-15H,4H2,1-3H3,(H,32,33)(H,34,35). The molecule has 3 aromatic heterocycles. The monoisotopic (exact) mass is 456 g/mol. The largest absolute Gasteiger partial charge is 0.342 e. The first kappa shape index (κ1) is 20.1. The average molecular weight is 457 g/mol. The molecule has 0 saturated carbocycles. The van der Waals surface area contributed by atoms with Gasteiger partial charge in [-0.05, 0) is 40.1 Å². The van der Waals surface area contributed by atoms with Crippen molar-refractivity contribution in [2.75, 3.05) is 0 Å². The number of aryl methyl sites for hydroxylation is 1. The van der Waals surface area contributed by atoms with Crippen molar-refractivity contribution < 1.29 is 0 Å². The summed E-state index contributed by atoms with van der Waals surface area (Å²) in [6.45, 7) is 6.41. The van der Waals surface area contributed by atoms with Gasteiger partial charge >= 0.3 is 0 Å². The van der Waals surface area contributed by atoms with Gasteiger partial charge in [0.1, 0.15) is 18.0 Å². The third-order valence-electron chi connectivity index (χ3n) is 6.97. The van der Waals surface area contributed by atoms with Gasteiger partial charge in [0.05, 0.1) is 27.6 Å². The average Bonchev–Trinajstić information content (AvgIpc) is 3.53. The highest BCUT2D eigenvalue weighted by atomic mass is 14.9. The summed E-state index contributed by atoms with van der Waals surface area (Å²) in [5, 5.41) is 5.60. The first-order chi connectivity index (χ1) is 17.1. The zero-order valence-electron chi connectivity index (χ0n) is 19.8. The lowest BCUT2D eigenvalue weighted by molar-refractivity contribution is 0.799. The number of benzene rings is 4. The van der Waals surface area contributed by atoms with Crippen molar-refractivity contribution in [3.63, 3.8) is 0 Å². The highest BCUT2D eigenvalue weighted by molar-refractivity contribution is 6.22. The van der Waals surface area contributed by atoms with E-state index in [9.17, 15) is 0 Å². The molecule has 0 amide bonds. The van der Waals surface area contributed by atoms with Crippen LogP contribution in [0.5, 0.6) is 0 Å². The topological polar surface area (TPSA) is 83.1 Å². The molecule has 2 N–H and O–H groups in total. The third-order valence-corrected chi connectivity index (χ3v) is 6.97. The molecule has 0 aliphatic carbocycles. The van der Waals surface area contributed by atoms with Crippen molar-refractivity contribution in [1.82, 2.24) is 29.9 Å². The minimum Gasteiger partial charge on any atom is -0.342 e. The Labute approximate surface area is 201 Å². The maximum Gasteiger partial charge on any atom is 0.116 e. The Morgan fingerprint density at radius 2 is 1.60 bits per heavy atom. The summed E-state index contributed by atoms with van der Waals surface area (Å²) in [5.41, 5.74) is 7.29. The molecule has 0 fully saturated rings. The predicted molar refractivity (Wildman–Crippen MR) is 143 cm³/mol. The number of nitrogens with one attached hydrogen (secondary N) is 2. The van der Waals surface area contributed by atoms with Crippen molar-refractivity contribution in [2.24, 2.45) is 0 Å². The first-order valence-corrected chi connectivity index (χ1v) is 12.1. The van der Waals surface area contributed by atoms with E-state index in [1.165, 1.54) is 16.3 Å². The van der Waals surface area contributed by atoms with Gasteiger partial charge in [-0.15, -0.1) is 0 Å².